The smallest absolute Gasteiger partial charge is 0.270 e. The number of nitrogens with zero attached hydrogens (tertiary/aromatic N) is 3. The number of carbonyl (C=O) groups is 1. The fourth-order valence-electron chi connectivity index (χ4n) is 2.83. The van der Waals surface area contributed by atoms with Gasteiger partial charge in [-0.25, -0.2) is 0 Å². The van der Waals surface area contributed by atoms with Gasteiger partial charge in [-0.05, 0) is 24.6 Å². The Morgan fingerprint density at radius 1 is 1.31 bits per heavy atom. The topological polar surface area (TPSA) is 123 Å². The molecule has 3 heterocycles. The van der Waals surface area contributed by atoms with Crippen molar-refractivity contribution in [3.05, 3.63) is 67.2 Å². The van der Waals surface area contributed by atoms with Crippen molar-refractivity contribution in [1.29, 1.82) is 5.41 Å². The van der Waals surface area contributed by atoms with Gasteiger partial charge in [0, 0.05) is 17.7 Å². The molecule has 0 amide bonds. The number of hydrogen-bond donors (Lipinski definition) is 1. The van der Waals surface area contributed by atoms with Crippen molar-refractivity contribution in [1.82, 2.24) is 10.2 Å². The van der Waals surface area contributed by atoms with Gasteiger partial charge in [-0.3, -0.25) is 20.3 Å². The van der Waals surface area contributed by atoms with E-state index in [1.807, 2.05) is 6.92 Å². The Labute approximate surface area is 173 Å². The first-order valence-corrected chi connectivity index (χ1v) is 10.3. The third-order valence-corrected chi connectivity index (χ3v) is 6.39. The number of rotatable bonds is 5. The van der Waals surface area contributed by atoms with Crippen LogP contribution in [0.1, 0.15) is 28.6 Å². The molecule has 4 rings (SSSR count). The molecule has 2 aromatic heterocycles. The van der Waals surface area contributed by atoms with Crippen molar-refractivity contribution in [3.63, 3.8) is 0 Å². The molecule has 0 bridgehead atoms. The van der Waals surface area contributed by atoms with Crippen molar-refractivity contribution < 1.29 is 14.1 Å². The molecule has 146 valence electrons. The van der Waals surface area contributed by atoms with Gasteiger partial charge < -0.3 is 4.42 Å². The largest absolute Gasteiger partial charge is 0.457 e. The summed E-state index contributed by atoms with van der Waals surface area (Å²) in [4.78, 5) is 23.7. The summed E-state index contributed by atoms with van der Waals surface area (Å²) < 4.78 is 5.75. The van der Waals surface area contributed by atoms with Gasteiger partial charge in [-0.1, -0.05) is 30.8 Å². The van der Waals surface area contributed by atoms with E-state index in [-0.39, 0.29) is 16.5 Å². The highest BCUT2D eigenvalue weighted by Crippen LogP contribution is 2.41. The van der Waals surface area contributed by atoms with E-state index in [2.05, 4.69) is 10.2 Å². The van der Waals surface area contributed by atoms with Gasteiger partial charge in [0.2, 0.25) is 0 Å². The van der Waals surface area contributed by atoms with Crippen LogP contribution < -0.4 is 0 Å². The van der Waals surface area contributed by atoms with E-state index in [9.17, 15) is 14.9 Å². The molecule has 0 saturated carbocycles. The molecule has 1 fully saturated rings. The number of aromatic nitrogens is 2. The van der Waals surface area contributed by atoms with Crippen LogP contribution in [0.2, 0.25) is 0 Å². The summed E-state index contributed by atoms with van der Waals surface area (Å²) in [5, 5.41) is 28.8. The van der Waals surface area contributed by atoms with Gasteiger partial charge in [0.25, 0.3) is 5.69 Å². The fourth-order valence-corrected chi connectivity index (χ4v) is 4.76. The molecule has 8 nitrogen and oxygen atoms in total. The summed E-state index contributed by atoms with van der Waals surface area (Å²) in [5.74, 6) is -0.0241. The molecule has 0 radical (unpaired) electrons. The molecular weight excluding hydrogens is 412 g/mol. The van der Waals surface area contributed by atoms with Crippen molar-refractivity contribution in [3.8, 4) is 11.3 Å². The highest BCUT2D eigenvalue weighted by Gasteiger charge is 2.39. The quantitative estimate of drug-likeness (QED) is 0.357. The molecular formula is C19H14N4O4S2. The Morgan fingerprint density at radius 2 is 2.14 bits per heavy atom. The SMILES string of the molecule is CCc1nnc(C2C(=N)SC(=Cc3ccc(-c4cccc([N+](=O)[O-])c4)o3)C2=O)s1. The number of hydrogen-bond acceptors (Lipinski definition) is 9. The summed E-state index contributed by atoms with van der Waals surface area (Å²) in [6, 6.07) is 9.51. The molecule has 0 aliphatic carbocycles. The predicted octanol–water partition coefficient (Wildman–Crippen LogP) is 4.69. The highest BCUT2D eigenvalue weighted by atomic mass is 32.2. The van der Waals surface area contributed by atoms with Crippen LogP contribution in [0.5, 0.6) is 0 Å². The van der Waals surface area contributed by atoms with Crippen LogP contribution in [0.25, 0.3) is 17.4 Å². The number of thioether (sulfide) groups is 1. The number of Topliss-reactive ketones (excluding diaryl/α,β-unsaturated/α-hetero) is 1. The average molecular weight is 426 g/mol. The van der Waals surface area contributed by atoms with Crippen molar-refractivity contribution in [2.24, 2.45) is 0 Å². The first-order valence-electron chi connectivity index (χ1n) is 8.65. The second-order valence-electron chi connectivity index (χ2n) is 6.17. The van der Waals surface area contributed by atoms with Crippen LogP contribution in [0.3, 0.4) is 0 Å². The molecule has 10 heteroatoms. The molecule has 3 aromatic rings. The zero-order chi connectivity index (χ0) is 20.5. The average Bonchev–Trinajstić information content (AvgIpc) is 3.42. The Bertz CT molecular complexity index is 1160. The zero-order valence-electron chi connectivity index (χ0n) is 15.1. The van der Waals surface area contributed by atoms with Gasteiger partial charge in [0.1, 0.15) is 27.5 Å². The molecule has 1 unspecified atom stereocenters. The lowest BCUT2D eigenvalue weighted by atomic mass is 10.1. The molecule has 1 atom stereocenters. The summed E-state index contributed by atoms with van der Waals surface area (Å²) in [7, 11) is 0. The Kier molecular flexibility index (Phi) is 5.12. The van der Waals surface area contributed by atoms with Gasteiger partial charge in [-0.15, -0.1) is 21.5 Å². The lowest BCUT2D eigenvalue weighted by molar-refractivity contribution is -0.384. The van der Waals surface area contributed by atoms with Crippen LogP contribution in [0.15, 0.2) is 45.7 Å². The first kappa shape index (κ1) is 19.2. The van der Waals surface area contributed by atoms with E-state index in [1.165, 1.54) is 23.5 Å². The Morgan fingerprint density at radius 3 is 2.86 bits per heavy atom. The van der Waals surface area contributed by atoms with Gasteiger partial charge in [-0.2, -0.15) is 0 Å². The molecule has 29 heavy (non-hydrogen) atoms. The number of nitrogens with one attached hydrogen (secondary N) is 1. The minimum atomic E-state index is -0.713. The normalized spacial score (nSPS) is 18.0. The monoisotopic (exact) mass is 426 g/mol. The Balaban J connectivity index is 1.59. The number of carbonyl (C=O) groups excluding carboxylic acids is 1. The molecule has 1 aromatic carbocycles. The molecule has 0 spiro atoms. The molecule has 1 N–H and O–H groups in total. The van der Waals surface area contributed by atoms with E-state index >= 15 is 0 Å². The second-order valence-corrected chi connectivity index (χ2v) is 8.35. The van der Waals surface area contributed by atoms with Crippen LogP contribution >= 0.6 is 23.1 Å². The lowest BCUT2D eigenvalue weighted by Gasteiger charge is -2.00. The number of ketones is 1. The molecule has 1 saturated heterocycles. The minimum absolute atomic E-state index is 0.0277. The summed E-state index contributed by atoms with van der Waals surface area (Å²) in [6.45, 7) is 1.96. The number of benzene rings is 1. The zero-order valence-corrected chi connectivity index (χ0v) is 16.8. The van der Waals surface area contributed by atoms with Crippen LogP contribution in [0, 0.1) is 15.5 Å². The third kappa shape index (κ3) is 3.76. The van der Waals surface area contributed by atoms with Gasteiger partial charge in [0.15, 0.2) is 5.78 Å². The number of nitro benzene ring substituents is 1. The summed E-state index contributed by atoms with van der Waals surface area (Å²) in [5.41, 5.74) is 0.543. The number of non-ortho nitro benzene ring substituents is 1. The maximum Gasteiger partial charge on any atom is 0.270 e. The van der Waals surface area contributed by atoms with Gasteiger partial charge >= 0.3 is 0 Å². The number of allylic oxidation sites excluding steroid dienone is 1. The van der Waals surface area contributed by atoms with E-state index in [0.29, 0.717) is 27.0 Å². The Hall–Kier alpha value is -3.11. The maximum absolute atomic E-state index is 12.8. The first-order chi connectivity index (χ1) is 14.0. The molecule has 1 aliphatic rings. The standard InChI is InChI=1S/C19H14N4O4S2/c1-2-15-21-22-19(29-15)16-17(24)14(28-18(16)20)9-12-6-7-13(27-12)10-4-3-5-11(8-10)23(25)26/h3-9,16,20H,2H2,1H3. The van der Waals surface area contributed by atoms with Crippen LogP contribution in [-0.4, -0.2) is 25.9 Å². The van der Waals surface area contributed by atoms with Gasteiger partial charge in [0.05, 0.1) is 14.9 Å². The van der Waals surface area contributed by atoms with E-state index in [0.717, 1.165) is 23.2 Å². The number of furan rings is 1. The predicted molar refractivity (Wildman–Crippen MR) is 111 cm³/mol. The fraction of sp³-hybridized carbons (Fsp3) is 0.158. The summed E-state index contributed by atoms with van der Waals surface area (Å²) in [6.07, 6.45) is 2.32. The minimum Gasteiger partial charge on any atom is -0.457 e. The van der Waals surface area contributed by atoms with Crippen LogP contribution in [-0.2, 0) is 11.2 Å². The highest BCUT2D eigenvalue weighted by molar-refractivity contribution is 8.19. The summed E-state index contributed by atoms with van der Waals surface area (Å²) >= 11 is 2.43. The second kappa shape index (κ2) is 7.72. The van der Waals surface area contributed by atoms with E-state index < -0.39 is 10.8 Å². The lowest BCUT2D eigenvalue weighted by Crippen LogP contribution is -2.11. The maximum atomic E-state index is 12.8. The van der Waals surface area contributed by atoms with E-state index in [1.54, 1.807) is 30.3 Å². The number of nitro groups is 1. The van der Waals surface area contributed by atoms with Crippen molar-refractivity contribution >= 4 is 45.7 Å². The van der Waals surface area contributed by atoms with Crippen LogP contribution in [0.4, 0.5) is 5.69 Å². The third-order valence-electron chi connectivity index (χ3n) is 4.26. The van der Waals surface area contributed by atoms with E-state index in [4.69, 9.17) is 9.83 Å². The molecule has 1 aliphatic heterocycles. The van der Waals surface area contributed by atoms with Crippen molar-refractivity contribution in [2.75, 3.05) is 0 Å². The van der Waals surface area contributed by atoms with Crippen molar-refractivity contribution in [2.45, 2.75) is 19.3 Å². The number of aryl methyl sites for hydroxylation is 1.